The van der Waals surface area contributed by atoms with Gasteiger partial charge in [0.1, 0.15) is 6.10 Å². The summed E-state index contributed by atoms with van der Waals surface area (Å²) in [5.41, 5.74) is 2.22. The number of aromatic nitrogens is 1. The van der Waals surface area contributed by atoms with Crippen LogP contribution in [-0.4, -0.2) is 41.7 Å². The van der Waals surface area contributed by atoms with E-state index in [0.29, 0.717) is 25.5 Å². The first-order chi connectivity index (χ1) is 13.8. The molecule has 1 saturated heterocycles. The molecule has 5 nitrogen and oxygen atoms in total. The number of hydrogen-bond donors (Lipinski definition) is 1. The lowest BCUT2D eigenvalue weighted by atomic mass is 10.1. The van der Waals surface area contributed by atoms with Crippen molar-refractivity contribution in [3.05, 3.63) is 72.3 Å². The van der Waals surface area contributed by atoms with Crippen LogP contribution in [0.25, 0.3) is 10.9 Å². The Labute approximate surface area is 165 Å². The SMILES string of the molecule is O=C(NCCCc1ccccc1)N1CCC(Oc2ccc3ccccc3n2)C1. The van der Waals surface area contributed by atoms with E-state index in [1.807, 2.05) is 59.5 Å². The van der Waals surface area contributed by atoms with Crippen LogP contribution in [0.15, 0.2) is 66.7 Å². The highest BCUT2D eigenvalue weighted by Crippen LogP contribution is 2.20. The molecule has 28 heavy (non-hydrogen) atoms. The lowest BCUT2D eigenvalue weighted by Crippen LogP contribution is -2.39. The summed E-state index contributed by atoms with van der Waals surface area (Å²) in [5.74, 6) is 0.619. The molecule has 3 aromatic rings. The normalized spacial score (nSPS) is 16.3. The van der Waals surface area contributed by atoms with Crippen molar-refractivity contribution in [1.29, 1.82) is 0 Å². The van der Waals surface area contributed by atoms with Gasteiger partial charge in [-0.15, -0.1) is 0 Å². The minimum atomic E-state index is -0.0104. The fraction of sp³-hybridized carbons (Fsp3) is 0.304. The molecule has 2 amide bonds. The van der Waals surface area contributed by atoms with Gasteiger partial charge in [-0.2, -0.15) is 0 Å². The minimum Gasteiger partial charge on any atom is -0.472 e. The van der Waals surface area contributed by atoms with Crippen molar-refractivity contribution in [2.24, 2.45) is 0 Å². The van der Waals surface area contributed by atoms with E-state index in [9.17, 15) is 4.79 Å². The molecule has 1 aliphatic rings. The fourth-order valence-electron chi connectivity index (χ4n) is 3.54. The molecule has 1 unspecified atom stereocenters. The van der Waals surface area contributed by atoms with E-state index in [4.69, 9.17) is 4.74 Å². The maximum absolute atomic E-state index is 12.4. The van der Waals surface area contributed by atoms with Gasteiger partial charge in [0.25, 0.3) is 0 Å². The summed E-state index contributed by atoms with van der Waals surface area (Å²) in [6.07, 6.45) is 2.72. The highest BCUT2D eigenvalue weighted by molar-refractivity contribution is 5.78. The number of carbonyl (C=O) groups excluding carboxylic acids is 1. The molecule has 1 aromatic heterocycles. The molecule has 4 rings (SSSR count). The van der Waals surface area contributed by atoms with E-state index in [1.54, 1.807) is 0 Å². The Hall–Kier alpha value is -3.08. The summed E-state index contributed by atoms with van der Waals surface area (Å²) >= 11 is 0. The lowest BCUT2D eigenvalue weighted by Gasteiger charge is -2.18. The van der Waals surface area contributed by atoms with Crippen molar-refractivity contribution >= 4 is 16.9 Å². The van der Waals surface area contributed by atoms with Gasteiger partial charge in [-0.3, -0.25) is 0 Å². The first-order valence-electron chi connectivity index (χ1n) is 9.87. The molecule has 5 heteroatoms. The molecular formula is C23H25N3O2. The number of aryl methyl sites for hydroxylation is 1. The molecule has 1 atom stereocenters. The number of nitrogens with zero attached hydrogens (tertiary/aromatic N) is 2. The van der Waals surface area contributed by atoms with Crippen molar-refractivity contribution in [1.82, 2.24) is 15.2 Å². The van der Waals surface area contributed by atoms with E-state index in [0.717, 1.165) is 30.2 Å². The summed E-state index contributed by atoms with van der Waals surface area (Å²) in [6, 6.07) is 22.2. The monoisotopic (exact) mass is 375 g/mol. The van der Waals surface area contributed by atoms with E-state index in [-0.39, 0.29) is 12.1 Å². The third-order valence-corrected chi connectivity index (χ3v) is 5.05. The highest BCUT2D eigenvalue weighted by Gasteiger charge is 2.27. The van der Waals surface area contributed by atoms with E-state index < -0.39 is 0 Å². The Bertz CT molecular complexity index is 929. The van der Waals surface area contributed by atoms with Gasteiger partial charge in [-0.1, -0.05) is 48.5 Å². The minimum absolute atomic E-state index is 0.00867. The number of rotatable bonds is 6. The van der Waals surface area contributed by atoms with Crippen molar-refractivity contribution < 1.29 is 9.53 Å². The molecule has 0 aliphatic carbocycles. The van der Waals surface area contributed by atoms with Crippen LogP contribution in [0.5, 0.6) is 5.88 Å². The number of amides is 2. The molecule has 0 spiro atoms. The van der Waals surface area contributed by atoms with Crippen molar-refractivity contribution in [3.8, 4) is 5.88 Å². The van der Waals surface area contributed by atoms with Gasteiger partial charge < -0.3 is 15.0 Å². The van der Waals surface area contributed by atoms with Crippen LogP contribution in [0, 0.1) is 0 Å². The number of benzene rings is 2. The van der Waals surface area contributed by atoms with Gasteiger partial charge in [-0.25, -0.2) is 9.78 Å². The van der Waals surface area contributed by atoms with Gasteiger partial charge in [-0.05, 0) is 30.5 Å². The first kappa shape index (κ1) is 18.3. The molecule has 1 fully saturated rings. The number of ether oxygens (including phenoxy) is 1. The molecule has 2 heterocycles. The molecule has 0 saturated carbocycles. The van der Waals surface area contributed by atoms with Crippen LogP contribution >= 0.6 is 0 Å². The van der Waals surface area contributed by atoms with Crippen molar-refractivity contribution in [2.45, 2.75) is 25.4 Å². The Morgan fingerprint density at radius 1 is 1.07 bits per heavy atom. The van der Waals surface area contributed by atoms with Crippen LogP contribution < -0.4 is 10.1 Å². The van der Waals surface area contributed by atoms with Crippen LogP contribution in [0.1, 0.15) is 18.4 Å². The second kappa shape index (κ2) is 8.74. The van der Waals surface area contributed by atoms with E-state index >= 15 is 0 Å². The van der Waals surface area contributed by atoms with Gasteiger partial charge in [0.15, 0.2) is 0 Å². The number of pyridine rings is 1. The quantitative estimate of drug-likeness (QED) is 0.662. The molecule has 1 aliphatic heterocycles. The highest BCUT2D eigenvalue weighted by atomic mass is 16.5. The third kappa shape index (κ3) is 4.60. The van der Waals surface area contributed by atoms with Gasteiger partial charge >= 0.3 is 6.03 Å². The third-order valence-electron chi connectivity index (χ3n) is 5.05. The standard InChI is InChI=1S/C23H25N3O2/c27-23(24-15-6-9-18-7-2-1-3-8-18)26-16-14-20(17-26)28-22-13-12-19-10-4-5-11-21(19)25-22/h1-5,7-8,10-13,20H,6,9,14-17H2,(H,24,27). The average molecular weight is 375 g/mol. The van der Waals surface area contributed by atoms with E-state index in [2.05, 4.69) is 22.4 Å². The predicted molar refractivity (Wildman–Crippen MR) is 111 cm³/mol. The van der Waals surface area contributed by atoms with Gasteiger partial charge in [0.05, 0.1) is 12.1 Å². The van der Waals surface area contributed by atoms with Gasteiger partial charge in [0, 0.05) is 31.0 Å². The number of fused-ring (bicyclic) bond motifs is 1. The number of carbonyl (C=O) groups is 1. The maximum atomic E-state index is 12.4. The topological polar surface area (TPSA) is 54.5 Å². The summed E-state index contributed by atoms with van der Waals surface area (Å²) < 4.78 is 6.01. The molecule has 144 valence electrons. The second-order valence-corrected chi connectivity index (χ2v) is 7.14. The Balaban J connectivity index is 1.22. The van der Waals surface area contributed by atoms with Crippen LogP contribution in [0.2, 0.25) is 0 Å². The second-order valence-electron chi connectivity index (χ2n) is 7.14. The molecule has 1 N–H and O–H groups in total. The summed E-state index contributed by atoms with van der Waals surface area (Å²) in [6.45, 7) is 1.99. The average Bonchev–Trinajstić information content (AvgIpc) is 3.20. The molecule has 0 bridgehead atoms. The van der Waals surface area contributed by atoms with Gasteiger partial charge in [0.2, 0.25) is 5.88 Å². The summed E-state index contributed by atoms with van der Waals surface area (Å²) in [7, 11) is 0. The summed E-state index contributed by atoms with van der Waals surface area (Å²) in [4.78, 5) is 18.8. The van der Waals surface area contributed by atoms with Crippen LogP contribution in [-0.2, 0) is 6.42 Å². The Morgan fingerprint density at radius 2 is 1.89 bits per heavy atom. The Morgan fingerprint density at radius 3 is 2.79 bits per heavy atom. The van der Waals surface area contributed by atoms with E-state index in [1.165, 1.54) is 5.56 Å². The number of para-hydroxylation sites is 1. The van der Waals surface area contributed by atoms with Crippen molar-refractivity contribution in [3.63, 3.8) is 0 Å². The first-order valence-corrected chi connectivity index (χ1v) is 9.87. The fourth-order valence-corrected chi connectivity index (χ4v) is 3.54. The zero-order valence-electron chi connectivity index (χ0n) is 15.9. The summed E-state index contributed by atoms with van der Waals surface area (Å²) in [5, 5.41) is 4.11. The number of hydrogen-bond acceptors (Lipinski definition) is 3. The van der Waals surface area contributed by atoms with Crippen LogP contribution in [0.3, 0.4) is 0 Å². The lowest BCUT2D eigenvalue weighted by molar-refractivity contribution is 0.183. The smallest absolute Gasteiger partial charge is 0.317 e. The zero-order chi connectivity index (χ0) is 19.2. The number of urea groups is 1. The van der Waals surface area contributed by atoms with Crippen LogP contribution in [0.4, 0.5) is 4.79 Å². The zero-order valence-corrected chi connectivity index (χ0v) is 15.9. The maximum Gasteiger partial charge on any atom is 0.317 e. The molecule has 0 radical (unpaired) electrons. The van der Waals surface area contributed by atoms with Crippen molar-refractivity contribution in [2.75, 3.05) is 19.6 Å². The molecule has 2 aromatic carbocycles. The number of likely N-dealkylation sites (tertiary alicyclic amines) is 1. The molecular weight excluding hydrogens is 350 g/mol. The predicted octanol–water partition coefficient (Wildman–Crippen LogP) is 4.03. The largest absolute Gasteiger partial charge is 0.472 e. The Kier molecular flexibility index (Phi) is 5.71. The number of nitrogens with one attached hydrogen (secondary N) is 1.